The van der Waals surface area contributed by atoms with E-state index in [0.29, 0.717) is 0 Å². The second kappa shape index (κ2) is 14.5. The Morgan fingerprint density at radius 1 is 0.776 bits per heavy atom. The first-order chi connectivity index (χ1) is 23.6. The predicted molar refractivity (Wildman–Crippen MR) is 209 cm³/mol. The first-order valence-electron chi connectivity index (χ1n) is 18.1. The molecule has 0 bridgehead atoms. The molecule has 1 aliphatic heterocycles. The first-order valence-corrected chi connectivity index (χ1v) is 18.1. The highest BCUT2D eigenvalue weighted by atomic mass is 16.5. The van der Waals surface area contributed by atoms with Crippen LogP contribution in [0.5, 0.6) is 11.5 Å². The van der Waals surface area contributed by atoms with Gasteiger partial charge in [-0.05, 0) is 94.6 Å². The molecule has 0 radical (unpaired) electrons. The van der Waals surface area contributed by atoms with Crippen molar-refractivity contribution in [3.8, 4) is 22.6 Å². The number of ether oxygens (including phenoxy) is 2. The maximum absolute atomic E-state index is 7.27. The van der Waals surface area contributed by atoms with Gasteiger partial charge in [0, 0.05) is 41.9 Å². The van der Waals surface area contributed by atoms with Crippen LogP contribution < -0.4 is 14.4 Å². The summed E-state index contributed by atoms with van der Waals surface area (Å²) >= 11 is 0. The lowest BCUT2D eigenvalue weighted by atomic mass is 9.82. The summed E-state index contributed by atoms with van der Waals surface area (Å²) in [5, 5.41) is 2.27. The van der Waals surface area contributed by atoms with Crippen molar-refractivity contribution in [3.05, 3.63) is 131 Å². The fraction of sp³-hybridized carbons (Fsp3) is 0.348. The highest BCUT2D eigenvalue weighted by molar-refractivity contribution is 6.07. The van der Waals surface area contributed by atoms with Crippen LogP contribution in [0.4, 0.5) is 5.69 Å². The molecule has 254 valence electrons. The third-order valence-corrected chi connectivity index (χ3v) is 9.99. The van der Waals surface area contributed by atoms with Gasteiger partial charge in [0.05, 0.1) is 7.11 Å². The van der Waals surface area contributed by atoms with Crippen molar-refractivity contribution in [2.45, 2.75) is 65.9 Å². The monoisotopic (exact) mass is 651 g/mol. The molecule has 1 saturated carbocycles. The summed E-state index contributed by atoms with van der Waals surface area (Å²) in [6.45, 7) is 11.2. The number of fused-ring (bicyclic) bond motifs is 8. The molecule has 5 aromatic carbocycles. The van der Waals surface area contributed by atoms with E-state index in [0.717, 1.165) is 63.4 Å². The molecule has 1 heterocycles. The maximum atomic E-state index is 7.27. The van der Waals surface area contributed by atoms with Crippen LogP contribution in [0, 0.1) is 17.8 Å². The number of hydrogen-bond donors (Lipinski definition) is 0. The minimum atomic E-state index is -0.755. The van der Waals surface area contributed by atoms with E-state index in [4.69, 9.17) is 9.47 Å². The molecule has 0 aromatic heterocycles. The van der Waals surface area contributed by atoms with Crippen molar-refractivity contribution in [1.82, 2.24) is 0 Å². The van der Waals surface area contributed by atoms with Gasteiger partial charge in [-0.1, -0.05) is 120 Å². The number of anilines is 1. The molecular weight excluding hydrogens is 599 g/mol. The number of nitrogens with zero attached hydrogens (tertiary/aromatic N) is 1. The van der Waals surface area contributed by atoms with Crippen molar-refractivity contribution in [2.24, 2.45) is 17.8 Å². The number of methoxy groups -OCH3 is 1. The molecule has 8 rings (SSSR count). The minimum Gasteiger partial charge on any atom is -0.497 e. The van der Waals surface area contributed by atoms with Gasteiger partial charge in [-0.3, -0.25) is 0 Å². The Morgan fingerprint density at radius 3 is 2.02 bits per heavy atom. The van der Waals surface area contributed by atoms with E-state index in [9.17, 15) is 0 Å². The molecule has 0 spiro atoms. The average Bonchev–Trinajstić information content (AvgIpc) is 3.70. The lowest BCUT2D eigenvalue weighted by Crippen LogP contribution is -2.34. The van der Waals surface area contributed by atoms with Crippen molar-refractivity contribution in [2.75, 3.05) is 26.1 Å². The Labute approximate surface area is 294 Å². The molecule has 3 atom stereocenters. The van der Waals surface area contributed by atoms with Crippen molar-refractivity contribution >= 4 is 22.5 Å². The van der Waals surface area contributed by atoms with Gasteiger partial charge in [0.2, 0.25) is 0 Å². The second-order valence-electron chi connectivity index (χ2n) is 15.1. The largest absolute Gasteiger partial charge is 0.497 e. The molecule has 5 aromatic rings. The summed E-state index contributed by atoms with van der Waals surface area (Å²) in [5.41, 5.74) is 9.07. The van der Waals surface area contributed by atoms with E-state index >= 15 is 0 Å². The fourth-order valence-corrected chi connectivity index (χ4v) is 7.58. The molecule has 3 aliphatic rings. The van der Waals surface area contributed by atoms with Gasteiger partial charge in [-0.25, -0.2) is 0 Å². The third-order valence-electron chi connectivity index (χ3n) is 9.99. The standard InChI is InChI=1S/C35H29NO2.C7H14.C4H10/c1-36(2)26-15-13-25(14-16-26)35(24-10-5-4-6-11-24)20-19-30-31-21-23-9-7-8-12-28(23)33(31)29-18-17-27(37-3)22-32(29)34(30)38-35;1-6-3-4-7(2)5-6;1-4(2)3/h4-20,22H,21H2,1-3H3;6-7H,3-5H2,1-2H3;4H,1-3H3. The Balaban J connectivity index is 0.000000327. The molecule has 49 heavy (non-hydrogen) atoms. The summed E-state index contributed by atoms with van der Waals surface area (Å²) < 4.78 is 13.0. The number of hydrogen-bond acceptors (Lipinski definition) is 3. The quantitative estimate of drug-likeness (QED) is 0.189. The second-order valence-corrected chi connectivity index (χ2v) is 15.1. The Morgan fingerprint density at radius 2 is 1.41 bits per heavy atom. The van der Waals surface area contributed by atoms with Crippen LogP contribution >= 0.6 is 0 Å². The van der Waals surface area contributed by atoms with E-state index in [-0.39, 0.29) is 0 Å². The van der Waals surface area contributed by atoms with Crippen LogP contribution in [0.1, 0.15) is 81.7 Å². The van der Waals surface area contributed by atoms with E-state index in [1.54, 1.807) is 7.11 Å². The van der Waals surface area contributed by atoms with Crippen LogP contribution in [0.25, 0.3) is 28.0 Å². The van der Waals surface area contributed by atoms with E-state index in [1.165, 1.54) is 46.9 Å². The summed E-state index contributed by atoms with van der Waals surface area (Å²) in [6.07, 6.45) is 9.85. The van der Waals surface area contributed by atoms with Crippen molar-refractivity contribution in [3.63, 3.8) is 0 Å². The molecule has 0 N–H and O–H groups in total. The molecule has 0 saturated heterocycles. The first kappa shape index (κ1) is 34.4. The topological polar surface area (TPSA) is 21.7 Å². The summed E-state index contributed by atoms with van der Waals surface area (Å²) in [6, 6.07) is 34.3. The van der Waals surface area contributed by atoms with Crippen molar-refractivity contribution < 1.29 is 9.47 Å². The van der Waals surface area contributed by atoms with Gasteiger partial charge < -0.3 is 14.4 Å². The molecule has 1 fully saturated rings. The Hall–Kier alpha value is -4.50. The smallest absolute Gasteiger partial charge is 0.178 e. The zero-order chi connectivity index (χ0) is 34.7. The molecule has 2 aliphatic carbocycles. The average molecular weight is 652 g/mol. The fourth-order valence-electron chi connectivity index (χ4n) is 7.58. The van der Waals surface area contributed by atoms with Gasteiger partial charge in [0.25, 0.3) is 0 Å². The molecule has 3 nitrogen and oxygen atoms in total. The number of rotatable bonds is 4. The van der Waals surface area contributed by atoms with E-state index < -0.39 is 5.60 Å². The van der Waals surface area contributed by atoms with Gasteiger partial charge in [-0.15, -0.1) is 0 Å². The van der Waals surface area contributed by atoms with Gasteiger partial charge in [0.1, 0.15) is 11.5 Å². The lowest BCUT2D eigenvalue weighted by Gasteiger charge is -2.37. The third kappa shape index (κ3) is 6.99. The van der Waals surface area contributed by atoms with Gasteiger partial charge >= 0.3 is 0 Å². The van der Waals surface area contributed by atoms with Crippen LogP contribution in [-0.4, -0.2) is 21.2 Å². The van der Waals surface area contributed by atoms with Gasteiger partial charge in [0.15, 0.2) is 5.60 Å². The Bertz CT molecular complexity index is 1910. The SMILES string of the molecule is CC(C)C.CC1CCC(C)C1.COc1ccc2c3c(c4c(c2c1)OC(c1ccccc1)(c1ccc(N(C)C)cc1)C=C4)Cc1ccccc1-3. The van der Waals surface area contributed by atoms with Crippen LogP contribution in [-0.2, 0) is 12.0 Å². The zero-order valence-corrected chi connectivity index (χ0v) is 30.7. The molecule has 3 unspecified atom stereocenters. The van der Waals surface area contributed by atoms with Crippen LogP contribution in [0.15, 0.2) is 103 Å². The van der Waals surface area contributed by atoms with Crippen molar-refractivity contribution in [1.29, 1.82) is 0 Å². The Kier molecular flexibility index (Phi) is 10.2. The lowest BCUT2D eigenvalue weighted by molar-refractivity contribution is 0.163. The zero-order valence-electron chi connectivity index (χ0n) is 30.7. The molecular formula is C46H53NO2. The minimum absolute atomic E-state index is 0.755. The van der Waals surface area contributed by atoms with Gasteiger partial charge in [-0.2, -0.15) is 0 Å². The highest BCUT2D eigenvalue weighted by Crippen LogP contribution is 2.53. The van der Waals surface area contributed by atoms with E-state index in [1.807, 2.05) is 0 Å². The van der Waals surface area contributed by atoms with Crippen LogP contribution in [0.3, 0.4) is 0 Å². The number of benzene rings is 5. The summed E-state index contributed by atoms with van der Waals surface area (Å²) in [7, 11) is 5.85. The highest BCUT2D eigenvalue weighted by Gasteiger charge is 2.39. The van der Waals surface area contributed by atoms with Crippen LogP contribution in [0.2, 0.25) is 0 Å². The summed E-state index contributed by atoms with van der Waals surface area (Å²) in [4.78, 5) is 2.12. The molecule has 3 heteroatoms. The summed E-state index contributed by atoms with van der Waals surface area (Å²) in [5.74, 6) is 4.61. The predicted octanol–water partition coefficient (Wildman–Crippen LogP) is 11.9. The normalized spacial score (nSPS) is 19.9. The molecule has 0 amide bonds. The van der Waals surface area contributed by atoms with E-state index in [2.05, 4.69) is 163 Å². The maximum Gasteiger partial charge on any atom is 0.178 e.